The topological polar surface area (TPSA) is 65.2 Å². The lowest BCUT2D eigenvalue weighted by molar-refractivity contribution is 0.414. The van der Waals surface area contributed by atoms with Crippen molar-refractivity contribution in [1.29, 1.82) is 0 Å². The first kappa shape index (κ1) is 18.2. The van der Waals surface area contributed by atoms with Crippen LogP contribution in [0.5, 0.6) is 0 Å². The Kier molecular flexibility index (Phi) is 5.61. The van der Waals surface area contributed by atoms with Gasteiger partial charge in [-0.15, -0.1) is 0 Å². The van der Waals surface area contributed by atoms with Crippen molar-refractivity contribution < 1.29 is 8.42 Å². The second-order valence-electron chi connectivity index (χ2n) is 7.12. The third-order valence-electron chi connectivity index (χ3n) is 4.75. The maximum Gasteiger partial charge on any atom is 0.233 e. The molecule has 0 radical (unpaired) electrons. The summed E-state index contributed by atoms with van der Waals surface area (Å²) in [6, 6.07) is 6.10. The van der Waals surface area contributed by atoms with E-state index in [0.717, 1.165) is 55.1 Å². The number of aromatic amines is 1. The van der Waals surface area contributed by atoms with Gasteiger partial charge in [-0.3, -0.25) is 0 Å². The lowest BCUT2D eigenvalue weighted by Crippen LogP contribution is -2.30. The largest absolute Gasteiger partial charge is 0.361 e. The van der Waals surface area contributed by atoms with Gasteiger partial charge in [0.2, 0.25) is 10.0 Å². The van der Waals surface area contributed by atoms with Crippen LogP contribution in [0.1, 0.15) is 36.8 Å². The Labute approximate surface area is 150 Å². The summed E-state index contributed by atoms with van der Waals surface area (Å²) in [5.74, 6) is 0. The predicted molar refractivity (Wildman–Crippen MR) is 104 cm³/mol. The van der Waals surface area contributed by atoms with Crippen LogP contribution in [-0.4, -0.2) is 45.0 Å². The normalized spacial score (nSPS) is 16.6. The number of sulfonamides is 1. The molecule has 3 rings (SSSR count). The maximum absolute atomic E-state index is 12.2. The summed E-state index contributed by atoms with van der Waals surface area (Å²) >= 11 is 0. The number of fused-ring (bicyclic) bond motifs is 1. The summed E-state index contributed by atoms with van der Waals surface area (Å²) in [5, 5.41) is 2.45. The Morgan fingerprint density at radius 2 is 2.04 bits per heavy atom. The molecule has 2 aromatic rings. The molecular formula is C19H27N3O2S. The van der Waals surface area contributed by atoms with Gasteiger partial charge in [-0.1, -0.05) is 18.9 Å². The molecule has 0 saturated heterocycles. The summed E-state index contributed by atoms with van der Waals surface area (Å²) < 4.78 is 27.2. The molecule has 1 aliphatic rings. The van der Waals surface area contributed by atoms with Gasteiger partial charge < -0.3 is 9.88 Å². The Balaban J connectivity index is 1.75. The van der Waals surface area contributed by atoms with Crippen molar-refractivity contribution in [3.05, 3.63) is 40.9 Å². The predicted octanol–water partition coefficient (Wildman–Crippen LogP) is 3.10. The van der Waals surface area contributed by atoms with E-state index in [4.69, 9.17) is 0 Å². The molecule has 1 saturated carbocycles. The van der Waals surface area contributed by atoms with Gasteiger partial charge in [0.25, 0.3) is 0 Å². The molecule has 0 atom stereocenters. The molecule has 0 bridgehead atoms. The lowest BCUT2D eigenvalue weighted by Gasteiger charge is -2.09. The fraction of sp³-hybridized carbons (Fsp3) is 0.474. The minimum Gasteiger partial charge on any atom is -0.361 e. The summed E-state index contributed by atoms with van der Waals surface area (Å²) in [6.07, 6.45) is 8.78. The van der Waals surface area contributed by atoms with E-state index in [-0.39, 0.29) is 6.04 Å². The molecule has 1 aromatic carbocycles. The monoisotopic (exact) mass is 361 g/mol. The smallest absolute Gasteiger partial charge is 0.233 e. The van der Waals surface area contributed by atoms with Gasteiger partial charge in [0.1, 0.15) is 0 Å². The minimum absolute atomic E-state index is 0.0967. The summed E-state index contributed by atoms with van der Waals surface area (Å²) in [5.41, 5.74) is 3.23. The molecule has 136 valence electrons. The number of nitrogens with zero attached hydrogens (tertiary/aromatic N) is 1. The van der Waals surface area contributed by atoms with Crippen molar-refractivity contribution in [3.63, 3.8) is 0 Å². The molecule has 0 spiro atoms. The van der Waals surface area contributed by atoms with E-state index in [2.05, 4.69) is 34.8 Å². The number of hydrogen-bond acceptors (Lipinski definition) is 3. The van der Waals surface area contributed by atoms with E-state index in [1.165, 1.54) is 11.0 Å². The first-order valence-electron chi connectivity index (χ1n) is 8.88. The Morgan fingerprint density at radius 1 is 1.28 bits per heavy atom. The number of rotatable bonds is 7. The zero-order valence-electron chi connectivity index (χ0n) is 15.0. The van der Waals surface area contributed by atoms with E-state index < -0.39 is 10.0 Å². The number of hydrogen-bond donors (Lipinski definition) is 2. The molecule has 1 heterocycles. The molecule has 0 unspecified atom stereocenters. The van der Waals surface area contributed by atoms with Crippen LogP contribution in [0.3, 0.4) is 0 Å². The number of H-pyrrole nitrogens is 1. The fourth-order valence-corrected chi connectivity index (χ4v) is 4.45. The van der Waals surface area contributed by atoms with E-state index in [0.29, 0.717) is 0 Å². The summed E-state index contributed by atoms with van der Waals surface area (Å²) in [6.45, 7) is 0.979. The number of nitrogens with one attached hydrogen (secondary N) is 2. The first-order chi connectivity index (χ1) is 11.9. The SMILES string of the molecule is CN(C)CCc1c[nH]c2ccc(/C=C/S(=O)(=O)NC3CCCC3)cc12. The van der Waals surface area contributed by atoms with Crippen LogP contribution < -0.4 is 4.72 Å². The van der Waals surface area contributed by atoms with E-state index in [1.54, 1.807) is 6.08 Å². The van der Waals surface area contributed by atoms with Crippen molar-refractivity contribution in [2.45, 2.75) is 38.1 Å². The molecule has 2 N–H and O–H groups in total. The van der Waals surface area contributed by atoms with Crippen LogP contribution in [0, 0.1) is 0 Å². The van der Waals surface area contributed by atoms with Crippen LogP contribution in [0.15, 0.2) is 29.8 Å². The molecule has 0 aliphatic heterocycles. The second-order valence-corrected chi connectivity index (χ2v) is 8.72. The van der Waals surface area contributed by atoms with Crippen molar-refractivity contribution in [1.82, 2.24) is 14.6 Å². The highest BCUT2D eigenvalue weighted by Gasteiger charge is 2.19. The first-order valence-corrected chi connectivity index (χ1v) is 10.4. The van der Waals surface area contributed by atoms with Crippen molar-refractivity contribution in [2.75, 3.05) is 20.6 Å². The van der Waals surface area contributed by atoms with Gasteiger partial charge in [0, 0.05) is 35.1 Å². The average molecular weight is 362 g/mol. The van der Waals surface area contributed by atoms with Crippen LogP contribution in [0.25, 0.3) is 17.0 Å². The quantitative estimate of drug-likeness (QED) is 0.796. The van der Waals surface area contributed by atoms with Crippen molar-refractivity contribution in [2.24, 2.45) is 0 Å². The Hall–Kier alpha value is -1.63. The molecule has 1 fully saturated rings. The standard InChI is InChI=1S/C19H27N3O2S/c1-22(2)11-9-16-14-20-19-8-7-15(13-18(16)19)10-12-25(23,24)21-17-5-3-4-6-17/h7-8,10,12-14,17,20-21H,3-6,9,11H2,1-2H3/b12-10+. The highest BCUT2D eigenvalue weighted by molar-refractivity contribution is 7.92. The highest BCUT2D eigenvalue weighted by Crippen LogP contribution is 2.22. The Morgan fingerprint density at radius 3 is 2.76 bits per heavy atom. The van der Waals surface area contributed by atoms with Crippen LogP contribution in [0.2, 0.25) is 0 Å². The van der Waals surface area contributed by atoms with Crippen molar-refractivity contribution >= 4 is 27.0 Å². The van der Waals surface area contributed by atoms with Crippen molar-refractivity contribution in [3.8, 4) is 0 Å². The van der Waals surface area contributed by atoms with Gasteiger partial charge in [-0.2, -0.15) is 0 Å². The van der Waals surface area contributed by atoms with E-state index in [9.17, 15) is 8.42 Å². The average Bonchev–Trinajstić information content (AvgIpc) is 3.20. The van der Waals surface area contributed by atoms with E-state index >= 15 is 0 Å². The summed E-state index contributed by atoms with van der Waals surface area (Å²) in [4.78, 5) is 5.44. The van der Waals surface area contributed by atoms with Gasteiger partial charge in [0.15, 0.2) is 0 Å². The molecular weight excluding hydrogens is 334 g/mol. The molecule has 1 aliphatic carbocycles. The Bertz CT molecular complexity index is 847. The molecule has 5 nitrogen and oxygen atoms in total. The van der Waals surface area contributed by atoms with Gasteiger partial charge in [-0.25, -0.2) is 13.1 Å². The van der Waals surface area contributed by atoms with Gasteiger partial charge in [0.05, 0.1) is 0 Å². The zero-order valence-corrected chi connectivity index (χ0v) is 15.8. The van der Waals surface area contributed by atoms with E-state index in [1.807, 2.05) is 18.3 Å². The fourth-order valence-electron chi connectivity index (χ4n) is 3.33. The lowest BCUT2D eigenvalue weighted by atomic mass is 10.1. The molecule has 25 heavy (non-hydrogen) atoms. The third-order valence-corrected chi connectivity index (χ3v) is 5.90. The zero-order chi connectivity index (χ0) is 17.9. The number of aromatic nitrogens is 1. The number of likely N-dealkylation sites (N-methyl/N-ethyl adjacent to an activating group) is 1. The number of benzene rings is 1. The minimum atomic E-state index is -3.38. The van der Waals surface area contributed by atoms with Crippen LogP contribution in [-0.2, 0) is 16.4 Å². The van der Waals surface area contributed by atoms with Gasteiger partial charge >= 0.3 is 0 Å². The van der Waals surface area contributed by atoms with Crippen LogP contribution >= 0.6 is 0 Å². The second kappa shape index (κ2) is 7.72. The van der Waals surface area contributed by atoms with Gasteiger partial charge in [-0.05, 0) is 62.7 Å². The molecule has 0 amide bonds. The van der Waals surface area contributed by atoms with Crippen LogP contribution in [0.4, 0.5) is 0 Å². The highest BCUT2D eigenvalue weighted by atomic mass is 32.2. The summed E-state index contributed by atoms with van der Waals surface area (Å²) in [7, 11) is 0.742. The maximum atomic E-state index is 12.2. The molecule has 1 aromatic heterocycles. The molecule has 6 heteroatoms. The third kappa shape index (κ3) is 4.93.